The number of thiazole rings is 1. The molecule has 2 aromatic carbocycles. The molecule has 2 nitrogen and oxygen atoms in total. The van der Waals surface area contributed by atoms with Crippen LogP contribution in [0, 0.1) is 12.7 Å². The van der Waals surface area contributed by atoms with Gasteiger partial charge in [-0.1, -0.05) is 17.7 Å². The molecule has 1 aliphatic rings. The lowest BCUT2D eigenvalue weighted by molar-refractivity contribution is 0.628. The average molecular weight is 324 g/mol. The van der Waals surface area contributed by atoms with Gasteiger partial charge in [0.2, 0.25) is 0 Å². The molecule has 1 heterocycles. The van der Waals surface area contributed by atoms with Gasteiger partial charge in [0.05, 0.1) is 11.4 Å². The number of aryl methyl sites for hydroxylation is 1. The number of nitrogens with zero attached hydrogens (tertiary/aromatic N) is 2. The summed E-state index contributed by atoms with van der Waals surface area (Å²) in [5.41, 5.74) is 4.37. The fourth-order valence-electron chi connectivity index (χ4n) is 2.65. The lowest BCUT2D eigenvalue weighted by Crippen LogP contribution is -2.14. The molecule has 0 atom stereocenters. The Morgan fingerprint density at radius 2 is 1.74 bits per heavy atom. The first-order valence-corrected chi connectivity index (χ1v) is 8.66. The molecule has 0 bridgehead atoms. The predicted molar refractivity (Wildman–Crippen MR) is 92.4 cm³/mol. The third kappa shape index (κ3) is 2.99. The summed E-state index contributed by atoms with van der Waals surface area (Å²) in [4.78, 5) is 5.82. The van der Waals surface area contributed by atoms with Crippen LogP contribution in [0.2, 0.25) is 0 Å². The monoisotopic (exact) mass is 324 g/mol. The van der Waals surface area contributed by atoms with Crippen LogP contribution in [0.1, 0.15) is 24.4 Å². The van der Waals surface area contributed by atoms with Gasteiger partial charge in [-0.15, -0.1) is 11.3 Å². The number of rotatable bonds is 3. The second kappa shape index (κ2) is 5.78. The van der Waals surface area contributed by atoms with Crippen LogP contribution in [-0.4, -0.2) is 4.57 Å². The van der Waals surface area contributed by atoms with Crippen molar-refractivity contribution in [1.82, 2.24) is 4.57 Å². The number of halogens is 1. The molecule has 4 heteroatoms. The summed E-state index contributed by atoms with van der Waals surface area (Å²) in [6.45, 7) is 2.08. The summed E-state index contributed by atoms with van der Waals surface area (Å²) in [5.74, 6) is -0.202. The van der Waals surface area contributed by atoms with Crippen molar-refractivity contribution in [2.24, 2.45) is 4.99 Å². The minimum absolute atomic E-state index is 0.202. The lowest BCUT2D eigenvalue weighted by atomic mass is 10.1. The van der Waals surface area contributed by atoms with Crippen molar-refractivity contribution in [3.05, 3.63) is 70.1 Å². The molecule has 0 amide bonds. The Morgan fingerprint density at radius 1 is 1.04 bits per heavy atom. The smallest absolute Gasteiger partial charge is 0.190 e. The van der Waals surface area contributed by atoms with E-state index in [2.05, 4.69) is 29.0 Å². The van der Waals surface area contributed by atoms with Gasteiger partial charge in [-0.2, -0.15) is 0 Å². The van der Waals surface area contributed by atoms with Crippen LogP contribution < -0.4 is 4.80 Å². The molecule has 0 spiro atoms. The zero-order chi connectivity index (χ0) is 15.8. The number of benzene rings is 2. The van der Waals surface area contributed by atoms with E-state index < -0.39 is 0 Å². The molecule has 0 N–H and O–H groups in total. The summed E-state index contributed by atoms with van der Waals surface area (Å²) in [6.07, 6.45) is 2.37. The molecule has 1 saturated carbocycles. The average Bonchev–Trinajstić information content (AvgIpc) is 3.31. The van der Waals surface area contributed by atoms with Crippen molar-refractivity contribution >= 4 is 17.0 Å². The molecule has 1 aliphatic carbocycles. The molecule has 0 radical (unpaired) electrons. The molecule has 4 rings (SSSR count). The predicted octanol–water partition coefficient (Wildman–Crippen LogP) is 5.23. The Labute approximate surface area is 138 Å². The maximum absolute atomic E-state index is 13.2. The van der Waals surface area contributed by atoms with Gasteiger partial charge in [-0.25, -0.2) is 9.38 Å². The summed E-state index contributed by atoms with van der Waals surface area (Å²) in [6, 6.07) is 15.5. The fourth-order valence-corrected chi connectivity index (χ4v) is 3.63. The van der Waals surface area contributed by atoms with Gasteiger partial charge >= 0.3 is 0 Å². The van der Waals surface area contributed by atoms with E-state index in [0.29, 0.717) is 6.04 Å². The van der Waals surface area contributed by atoms with Gasteiger partial charge in [0, 0.05) is 11.4 Å². The van der Waals surface area contributed by atoms with Gasteiger partial charge in [0.25, 0.3) is 0 Å². The molecule has 23 heavy (non-hydrogen) atoms. The third-order valence-electron chi connectivity index (χ3n) is 4.05. The van der Waals surface area contributed by atoms with Crippen LogP contribution in [0.3, 0.4) is 0 Å². The van der Waals surface area contributed by atoms with Crippen LogP contribution in [0.15, 0.2) is 58.9 Å². The second-order valence-corrected chi connectivity index (χ2v) is 6.80. The van der Waals surface area contributed by atoms with E-state index in [1.54, 1.807) is 11.3 Å². The highest BCUT2D eigenvalue weighted by Crippen LogP contribution is 2.38. The highest BCUT2D eigenvalue weighted by Gasteiger charge is 2.27. The van der Waals surface area contributed by atoms with Crippen molar-refractivity contribution in [3.8, 4) is 11.3 Å². The van der Waals surface area contributed by atoms with E-state index in [1.807, 2.05) is 24.3 Å². The van der Waals surface area contributed by atoms with Crippen molar-refractivity contribution in [2.75, 3.05) is 0 Å². The van der Waals surface area contributed by atoms with E-state index in [-0.39, 0.29) is 5.82 Å². The SMILES string of the molecule is Cc1ccc(N=c2scc(-c3ccc(F)cc3)n2C2CC2)cc1. The van der Waals surface area contributed by atoms with Crippen molar-refractivity contribution in [3.63, 3.8) is 0 Å². The topological polar surface area (TPSA) is 17.3 Å². The normalized spacial score (nSPS) is 15.1. The maximum atomic E-state index is 13.2. The Bertz CT molecular complexity index is 884. The molecule has 0 aliphatic heterocycles. The quantitative estimate of drug-likeness (QED) is 0.627. The van der Waals surface area contributed by atoms with Crippen LogP contribution in [0.25, 0.3) is 11.3 Å². The van der Waals surface area contributed by atoms with E-state index in [1.165, 1.54) is 30.5 Å². The second-order valence-electron chi connectivity index (χ2n) is 5.96. The summed E-state index contributed by atoms with van der Waals surface area (Å²) in [7, 11) is 0. The van der Waals surface area contributed by atoms with E-state index in [4.69, 9.17) is 4.99 Å². The van der Waals surface area contributed by atoms with Crippen LogP contribution in [0.5, 0.6) is 0 Å². The molecule has 116 valence electrons. The molecule has 3 aromatic rings. The van der Waals surface area contributed by atoms with Gasteiger partial charge in [-0.3, -0.25) is 0 Å². The number of hydrogen-bond donors (Lipinski definition) is 0. The van der Waals surface area contributed by atoms with Crippen LogP contribution in [-0.2, 0) is 0 Å². The van der Waals surface area contributed by atoms with Gasteiger partial charge in [0.1, 0.15) is 5.82 Å². The molecule has 1 aromatic heterocycles. The first kappa shape index (κ1) is 14.4. The standard InChI is InChI=1S/C19H17FN2S/c1-13-2-8-16(9-3-13)21-19-22(17-10-11-17)18(12-23-19)14-4-6-15(20)7-5-14/h2-9,12,17H,10-11H2,1H3. The maximum Gasteiger partial charge on any atom is 0.190 e. The zero-order valence-electron chi connectivity index (χ0n) is 12.9. The van der Waals surface area contributed by atoms with Gasteiger partial charge in [0.15, 0.2) is 4.80 Å². The number of aromatic nitrogens is 1. The first-order chi connectivity index (χ1) is 11.2. The van der Waals surface area contributed by atoms with Crippen molar-refractivity contribution < 1.29 is 4.39 Å². The zero-order valence-corrected chi connectivity index (χ0v) is 13.7. The largest absolute Gasteiger partial charge is 0.313 e. The molecular formula is C19H17FN2S. The molecule has 1 fully saturated rings. The summed E-state index contributed by atoms with van der Waals surface area (Å²) in [5, 5.41) is 2.12. The number of hydrogen-bond acceptors (Lipinski definition) is 2. The summed E-state index contributed by atoms with van der Waals surface area (Å²) < 4.78 is 15.5. The Hall–Kier alpha value is -2.20. The highest BCUT2D eigenvalue weighted by molar-refractivity contribution is 7.07. The van der Waals surface area contributed by atoms with Gasteiger partial charge < -0.3 is 4.57 Å². The van der Waals surface area contributed by atoms with Gasteiger partial charge in [-0.05, 0) is 61.7 Å². The van der Waals surface area contributed by atoms with Crippen LogP contribution >= 0.6 is 11.3 Å². The Kier molecular flexibility index (Phi) is 3.62. The van der Waals surface area contributed by atoms with E-state index in [9.17, 15) is 4.39 Å². The fraction of sp³-hybridized carbons (Fsp3) is 0.211. The van der Waals surface area contributed by atoms with Crippen molar-refractivity contribution in [2.45, 2.75) is 25.8 Å². The summed E-state index contributed by atoms with van der Waals surface area (Å²) >= 11 is 1.65. The first-order valence-electron chi connectivity index (χ1n) is 7.78. The van der Waals surface area contributed by atoms with E-state index in [0.717, 1.165) is 21.7 Å². The van der Waals surface area contributed by atoms with Crippen molar-refractivity contribution in [1.29, 1.82) is 0 Å². The minimum Gasteiger partial charge on any atom is -0.313 e. The Balaban J connectivity index is 1.82. The molecule has 0 unspecified atom stereocenters. The van der Waals surface area contributed by atoms with Crippen LogP contribution in [0.4, 0.5) is 10.1 Å². The third-order valence-corrected chi connectivity index (χ3v) is 4.89. The lowest BCUT2D eigenvalue weighted by Gasteiger charge is -2.07. The highest BCUT2D eigenvalue weighted by atomic mass is 32.1. The van der Waals surface area contributed by atoms with E-state index >= 15 is 0 Å². The minimum atomic E-state index is -0.202. The Morgan fingerprint density at radius 3 is 2.39 bits per heavy atom. The molecular weight excluding hydrogens is 307 g/mol. The molecule has 0 saturated heterocycles.